The summed E-state index contributed by atoms with van der Waals surface area (Å²) in [6.45, 7) is 1.30. The highest BCUT2D eigenvalue weighted by Gasteiger charge is 2.03. The average Bonchev–Trinajstić information content (AvgIpc) is 2.03. The van der Waals surface area contributed by atoms with Gasteiger partial charge in [0.05, 0.1) is 12.6 Å². The first kappa shape index (κ1) is 11.1. The molecular formula is C7H14BrNO2. The second-order valence-electron chi connectivity index (χ2n) is 2.19. The zero-order chi connectivity index (χ0) is 8.53. The van der Waals surface area contributed by atoms with Crippen LogP contribution >= 0.6 is 15.9 Å². The quantitative estimate of drug-likeness (QED) is 0.390. The van der Waals surface area contributed by atoms with Crippen LogP contribution in [-0.2, 0) is 9.53 Å². The number of aldehydes is 1. The lowest BCUT2D eigenvalue weighted by Gasteiger charge is -2.09. The fourth-order valence-electron chi connectivity index (χ4n) is 0.680. The van der Waals surface area contributed by atoms with Gasteiger partial charge in [0.15, 0.2) is 0 Å². The second-order valence-corrected chi connectivity index (χ2v) is 2.99. The van der Waals surface area contributed by atoms with Crippen LogP contribution < -0.4 is 5.32 Å². The van der Waals surface area contributed by atoms with Crippen molar-refractivity contribution >= 4 is 22.2 Å². The van der Waals surface area contributed by atoms with Crippen molar-refractivity contribution in [1.29, 1.82) is 0 Å². The van der Waals surface area contributed by atoms with Gasteiger partial charge in [0.25, 0.3) is 0 Å². The van der Waals surface area contributed by atoms with Crippen molar-refractivity contribution in [3.05, 3.63) is 0 Å². The van der Waals surface area contributed by atoms with Crippen LogP contribution in [0, 0.1) is 0 Å². The first-order valence-electron chi connectivity index (χ1n) is 3.58. The molecule has 0 aromatic carbocycles. The number of alkyl halides is 1. The van der Waals surface area contributed by atoms with E-state index in [0.717, 1.165) is 24.6 Å². The van der Waals surface area contributed by atoms with Gasteiger partial charge in [-0.1, -0.05) is 15.9 Å². The van der Waals surface area contributed by atoms with Crippen molar-refractivity contribution < 1.29 is 9.53 Å². The molecule has 0 aliphatic carbocycles. The van der Waals surface area contributed by atoms with Gasteiger partial charge < -0.3 is 14.8 Å². The first-order chi connectivity index (χ1) is 5.35. The van der Waals surface area contributed by atoms with Crippen LogP contribution in [-0.4, -0.2) is 37.9 Å². The minimum Gasteiger partial charge on any atom is -0.383 e. The van der Waals surface area contributed by atoms with Gasteiger partial charge in [-0.2, -0.15) is 0 Å². The van der Waals surface area contributed by atoms with Gasteiger partial charge in [0, 0.05) is 12.4 Å². The minimum absolute atomic E-state index is 0.154. The summed E-state index contributed by atoms with van der Waals surface area (Å²) in [6, 6.07) is -0.154. The molecule has 0 radical (unpaired) electrons. The molecule has 0 aliphatic rings. The Kier molecular flexibility index (Phi) is 8.22. The SMILES string of the molecule is COCC(C=O)NCCCBr. The molecule has 0 fully saturated rings. The molecule has 1 atom stereocenters. The molecular weight excluding hydrogens is 210 g/mol. The summed E-state index contributed by atoms with van der Waals surface area (Å²) in [4.78, 5) is 10.3. The highest BCUT2D eigenvalue weighted by atomic mass is 79.9. The van der Waals surface area contributed by atoms with Crippen LogP contribution in [0.4, 0.5) is 0 Å². The maximum absolute atomic E-state index is 10.3. The number of ether oxygens (including phenoxy) is 1. The van der Waals surface area contributed by atoms with E-state index in [0.29, 0.717) is 6.61 Å². The third kappa shape index (κ3) is 6.47. The summed E-state index contributed by atoms with van der Waals surface area (Å²) < 4.78 is 4.82. The molecule has 0 aromatic heterocycles. The molecule has 1 unspecified atom stereocenters. The number of nitrogens with one attached hydrogen (secondary N) is 1. The lowest BCUT2D eigenvalue weighted by Crippen LogP contribution is -2.35. The van der Waals surface area contributed by atoms with Crippen LogP contribution in [0.5, 0.6) is 0 Å². The van der Waals surface area contributed by atoms with Crippen LogP contribution in [0.3, 0.4) is 0 Å². The Morgan fingerprint density at radius 2 is 2.45 bits per heavy atom. The second kappa shape index (κ2) is 8.17. The summed E-state index contributed by atoms with van der Waals surface area (Å²) in [5.74, 6) is 0. The standard InChI is InChI=1S/C7H14BrNO2/c1-11-6-7(5-10)9-4-2-3-8/h5,7,9H,2-4,6H2,1H3. The molecule has 4 heteroatoms. The summed E-state index contributed by atoms with van der Waals surface area (Å²) in [6.07, 6.45) is 1.89. The average molecular weight is 224 g/mol. The summed E-state index contributed by atoms with van der Waals surface area (Å²) >= 11 is 3.30. The zero-order valence-electron chi connectivity index (χ0n) is 6.68. The highest BCUT2D eigenvalue weighted by molar-refractivity contribution is 9.09. The molecule has 66 valence electrons. The molecule has 11 heavy (non-hydrogen) atoms. The predicted molar refractivity (Wildman–Crippen MR) is 48.1 cm³/mol. The van der Waals surface area contributed by atoms with Gasteiger partial charge in [-0.05, 0) is 13.0 Å². The number of carbonyl (C=O) groups is 1. The minimum atomic E-state index is -0.154. The summed E-state index contributed by atoms with van der Waals surface area (Å²) in [5.41, 5.74) is 0. The van der Waals surface area contributed by atoms with Gasteiger partial charge in [0.1, 0.15) is 6.29 Å². The van der Waals surface area contributed by atoms with Crippen LogP contribution in [0.2, 0.25) is 0 Å². The van der Waals surface area contributed by atoms with Gasteiger partial charge >= 0.3 is 0 Å². The first-order valence-corrected chi connectivity index (χ1v) is 4.71. The van der Waals surface area contributed by atoms with Crippen molar-refractivity contribution in [3.63, 3.8) is 0 Å². The Morgan fingerprint density at radius 3 is 2.91 bits per heavy atom. The number of methoxy groups -OCH3 is 1. The largest absolute Gasteiger partial charge is 0.383 e. The van der Waals surface area contributed by atoms with Crippen molar-refractivity contribution in [2.75, 3.05) is 25.6 Å². The molecule has 0 amide bonds. The highest BCUT2D eigenvalue weighted by Crippen LogP contribution is 1.86. The number of carbonyl (C=O) groups excluding carboxylic acids is 1. The molecule has 0 aliphatic heterocycles. The third-order valence-electron chi connectivity index (χ3n) is 1.23. The summed E-state index contributed by atoms with van der Waals surface area (Å²) in [5, 5.41) is 4.01. The normalized spacial score (nSPS) is 12.9. The lowest BCUT2D eigenvalue weighted by molar-refractivity contribution is -0.110. The monoisotopic (exact) mass is 223 g/mol. The van der Waals surface area contributed by atoms with E-state index in [1.807, 2.05) is 0 Å². The number of hydrogen-bond donors (Lipinski definition) is 1. The molecule has 0 spiro atoms. The number of hydrogen-bond acceptors (Lipinski definition) is 3. The van der Waals surface area contributed by atoms with Crippen molar-refractivity contribution in [2.45, 2.75) is 12.5 Å². The van der Waals surface area contributed by atoms with Crippen LogP contribution in [0.15, 0.2) is 0 Å². The van der Waals surface area contributed by atoms with E-state index in [1.54, 1.807) is 7.11 Å². The molecule has 0 saturated heterocycles. The van der Waals surface area contributed by atoms with Crippen molar-refractivity contribution in [2.24, 2.45) is 0 Å². The number of rotatable bonds is 7. The van der Waals surface area contributed by atoms with Crippen LogP contribution in [0.25, 0.3) is 0 Å². The van der Waals surface area contributed by atoms with Crippen molar-refractivity contribution in [3.8, 4) is 0 Å². The number of halogens is 1. The van der Waals surface area contributed by atoms with E-state index in [1.165, 1.54) is 0 Å². The Hall–Kier alpha value is 0.0700. The third-order valence-corrected chi connectivity index (χ3v) is 1.79. The predicted octanol–water partition coefficient (Wildman–Crippen LogP) is 0.575. The van der Waals surface area contributed by atoms with Gasteiger partial charge in [-0.15, -0.1) is 0 Å². The molecule has 1 N–H and O–H groups in total. The molecule has 0 rings (SSSR count). The van der Waals surface area contributed by atoms with E-state index in [4.69, 9.17) is 4.74 Å². The van der Waals surface area contributed by atoms with Crippen molar-refractivity contribution in [1.82, 2.24) is 5.32 Å². The maximum Gasteiger partial charge on any atom is 0.139 e. The van der Waals surface area contributed by atoms with E-state index in [2.05, 4.69) is 21.2 Å². The topological polar surface area (TPSA) is 38.3 Å². The Bertz CT molecular complexity index is 100. The molecule has 0 aromatic rings. The van der Waals surface area contributed by atoms with Crippen LogP contribution in [0.1, 0.15) is 6.42 Å². The Labute approximate surface area is 75.6 Å². The zero-order valence-corrected chi connectivity index (χ0v) is 8.26. The van der Waals surface area contributed by atoms with Gasteiger partial charge in [-0.25, -0.2) is 0 Å². The van der Waals surface area contributed by atoms with Gasteiger partial charge in [0.2, 0.25) is 0 Å². The van der Waals surface area contributed by atoms with E-state index in [-0.39, 0.29) is 6.04 Å². The molecule has 0 heterocycles. The van der Waals surface area contributed by atoms with E-state index in [9.17, 15) is 4.79 Å². The smallest absolute Gasteiger partial charge is 0.139 e. The summed E-state index contributed by atoms with van der Waals surface area (Å²) in [7, 11) is 1.59. The fraction of sp³-hybridized carbons (Fsp3) is 0.857. The molecule has 0 saturated carbocycles. The maximum atomic E-state index is 10.3. The molecule has 0 bridgehead atoms. The Balaban J connectivity index is 3.28. The Morgan fingerprint density at radius 1 is 1.73 bits per heavy atom. The lowest BCUT2D eigenvalue weighted by atomic mass is 10.3. The fourth-order valence-corrected chi connectivity index (χ4v) is 0.961. The van der Waals surface area contributed by atoms with E-state index < -0.39 is 0 Å². The van der Waals surface area contributed by atoms with Gasteiger partial charge in [-0.3, -0.25) is 0 Å². The molecule has 3 nitrogen and oxygen atoms in total. The van der Waals surface area contributed by atoms with E-state index >= 15 is 0 Å².